The molecule has 124 valence electrons. The number of rotatable bonds is 3. The van der Waals surface area contributed by atoms with Crippen LogP contribution in [0.1, 0.15) is 19.3 Å². The summed E-state index contributed by atoms with van der Waals surface area (Å²) in [5.74, 6) is 0.702. The number of ether oxygens (including phenoxy) is 1. The minimum Gasteiger partial charge on any atom is -0.474 e. The summed E-state index contributed by atoms with van der Waals surface area (Å²) in [7, 11) is 0. The molecule has 1 aliphatic carbocycles. The summed E-state index contributed by atoms with van der Waals surface area (Å²) in [4.78, 5) is 4.80. The molecule has 2 heterocycles. The zero-order valence-electron chi connectivity index (χ0n) is 13.5. The van der Waals surface area contributed by atoms with E-state index in [1.54, 1.807) is 0 Å². The molecule has 4 nitrogen and oxygen atoms in total. The summed E-state index contributed by atoms with van der Waals surface area (Å²) >= 11 is 3.70. The number of fused-ring (bicyclic) bond motifs is 3. The third-order valence-corrected chi connectivity index (χ3v) is 5.48. The van der Waals surface area contributed by atoms with Crippen molar-refractivity contribution in [3.8, 4) is 17.1 Å². The van der Waals surface area contributed by atoms with Gasteiger partial charge in [-0.2, -0.15) is 10.1 Å². The lowest BCUT2D eigenvalue weighted by atomic mass is 9.96. The first-order valence-corrected chi connectivity index (χ1v) is 9.29. The van der Waals surface area contributed by atoms with E-state index in [4.69, 9.17) is 14.8 Å². The van der Waals surface area contributed by atoms with Crippen LogP contribution < -0.4 is 4.74 Å². The fourth-order valence-corrected chi connectivity index (χ4v) is 3.73. The molecule has 25 heavy (non-hydrogen) atoms. The maximum absolute atomic E-state index is 6.17. The Morgan fingerprint density at radius 1 is 1.00 bits per heavy atom. The topological polar surface area (TPSA) is 39.4 Å². The Labute approximate surface area is 153 Å². The highest BCUT2D eigenvalue weighted by Crippen LogP contribution is 2.35. The van der Waals surface area contributed by atoms with E-state index in [1.165, 1.54) is 6.42 Å². The first-order chi connectivity index (χ1) is 12.3. The summed E-state index contributed by atoms with van der Waals surface area (Å²) in [5, 5.41) is 5.81. The second-order valence-corrected chi connectivity index (χ2v) is 7.16. The van der Waals surface area contributed by atoms with Gasteiger partial charge >= 0.3 is 0 Å². The maximum Gasteiger partial charge on any atom is 0.225 e. The minimum absolute atomic E-state index is 0.286. The van der Waals surface area contributed by atoms with E-state index in [0.29, 0.717) is 5.88 Å². The molecule has 2 aromatic carbocycles. The maximum atomic E-state index is 6.17. The van der Waals surface area contributed by atoms with Crippen LogP contribution in [0.15, 0.2) is 59.1 Å². The number of halogens is 1. The zero-order chi connectivity index (χ0) is 16.8. The molecule has 0 bridgehead atoms. The number of hydrogen-bond donors (Lipinski definition) is 0. The quantitative estimate of drug-likeness (QED) is 0.477. The van der Waals surface area contributed by atoms with Gasteiger partial charge in [0.15, 0.2) is 5.65 Å². The van der Waals surface area contributed by atoms with Crippen LogP contribution in [-0.4, -0.2) is 20.7 Å². The van der Waals surface area contributed by atoms with Gasteiger partial charge in [0.1, 0.15) is 11.8 Å². The molecule has 5 heteroatoms. The predicted molar refractivity (Wildman–Crippen MR) is 102 cm³/mol. The summed E-state index contributed by atoms with van der Waals surface area (Å²) in [6, 6.07) is 18.3. The van der Waals surface area contributed by atoms with Crippen molar-refractivity contribution in [3.05, 3.63) is 59.1 Å². The minimum atomic E-state index is 0.286. The van der Waals surface area contributed by atoms with E-state index in [-0.39, 0.29) is 6.10 Å². The van der Waals surface area contributed by atoms with E-state index in [2.05, 4.69) is 34.1 Å². The molecule has 0 atom stereocenters. The molecule has 2 aromatic heterocycles. The van der Waals surface area contributed by atoms with Crippen LogP contribution in [-0.2, 0) is 0 Å². The second kappa shape index (κ2) is 5.85. The number of para-hydroxylation sites is 1. The Bertz CT molecular complexity index is 1070. The van der Waals surface area contributed by atoms with E-state index in [9.17, 15) is 0 Å². The van der Waals surface area contributed by atoms with Gasteiger partial charge in [-0.15, -0.1) is 0 Å². The number of nitrogens with zero attached hydrogens (tertiary/aromatic N) is 3. The van der Waals surface area contributed by atoms with E-state index >= 15 is 0 Å². The molecule has 1 saturated carbocycles. The molecule has 0 amide bonds. The van der Waals surface area contributed by atoms with Crippen molar-refractivity contribution in [2.24, 2.45) is 0 Å². The van der Waals surface area contributed by atoms with Gasteiger partial charge in [-0.25, -0.2) is 4.52 Å². The van der Waals surface area contributed by atoms with Crippen LogP contribution in [0.2, 0.25) is 0 Å². The largest absolute Gasteiger partial charge is 0.474 e. The van der Waals surface area contributed by atoms with Gasteiger partial charge in [0.05, 0.1) is 15.4 Å². The highest BCUT2D eigenvalue weighted by molar-refractivity contribution is 9.10. The number of benzene rings is 2. The number of aromatic nitrogens is 3. The smallest absolute Gasteiger partial charge is 0.225 e. The monoisotopic (exact) mass is 393 g/mol. The van der Waals surface area contributed by atoms with E-state index < -0.39 is 0 Å². The van der Waals surface area contributed by atoms with Crippen molar-refractivity contribution in [2.45, 2.75) is 25.4 Å². The molecule has 1 fully saturated rings. The Morgan fingerprint density at radius 2 is 1.76 bits per heavy atom. The lowest BCUT2D eigenvalue weighted by Crippen LogP contribution is -2.25. The highest BCUT2D eigenvalue weighted by Gasteiger charge is 2.23. The average Bonchev–Trinajstić information content (AvgIpc) is 2.96. The van der Waals surface area contributed by atoms with Crippen molar-refractivity contribution in [3.63, 3.8) is 0 Å². The van der Waals surface area contributed by atoms with Crippen molar-refractivity contribution in [2.75, 3.05) is 0 Å². The van der Waals surface area contributed by atoms with Gasteiger partial charge in [-0.3, -0.25) is 0 Å². The second-order valence-electron chi connectivity index (χ2n) is 6.37. The van der Waals surface area contributed by atoms with Crippen LogP contribution in [0.5, 0.6) is 5.88 Å². The molecule has 0 saturated heterocycles. The highest BCUT2D eigenvalue weighted by atomic mass is 79.9. The predicted octanol–water partition coefficient (Wildman–Crippen LogP) is 5.24. The van der Waals surface area contributed by atoms with Crippen LogP contribution in [0.3, 0.4) is 0 Å². The third kappa shape index (κ3) is 2.42. The van der Waals surface area contributed by atoms with Crippen LogP contribution in [0.25, 0.3) is 27.8 Å². The van der Waals surface area contributed by atoms with Crippen molar-refractivity contribution < 1.29 is 4.74 Å². The Hall–Kier alpha value is -2.40. The summed E-state index contributed by atoms with van der Waals surface area (Å²) < 4.78 is 8.96. The Kier molecular flexibility index (Phi) is 3.48. The normalized spacial score (nSPS) is 14.8. The van der Waals surface area contributed by atoms with Crippen LogP contribution >= 0.6 is 15.9 Å². The molecule has 0 spiro atoms. The fourth-order valence-electron chi connectivity index (χ4n) is 3.17. The zero-order valence-corrected chi connectivity index (χ0v) is 15.1. The molecule has 0 unspecified atom stereocenters. The molecule has 4 aromatic rings. The summed E-state index contributed by atoms with van der Waals surface area (Å²) in [5.41, 5.74) is 3.74. The molecule has 5 rings (SSSR count). The third-order valence-electron chi connectivity index (χ3n) is 4.75. The standard InChI is InChI=1S/C20H16BrN3O/c21-17-18(13-7-2-1-3-8-13)23-24-16-12-5-4-11-15(16)20(22-19(17)24)25-14-9-6-10-14/h1-5,7-8,11-12,14H,6,9-10H2. The van der Waals surface area contributed by atoms with Crippen LogP contribution in [0, 0.1) is 0 Å². The van der Waals surface area contributed by atoms with Gasteiger partial charge in [-0.05, 0) is 47.3 Å². The Balaban J connectivity index is 1.77. The van der Waals surface area contributed by atoms with Crippen molar-refractivity contribution >= 4 is 32.5 Å². The molecular weight excluding hydrogens is 378 g/mol. The van der Waals surface area contributed by atoms with Gasteiger partial charge in [0.25, 0.3) is 0 Å². The Morgan fingerprint density at radius 3 is 2.52 bits per heavy atom. The van der Waals surface area contributed by atoms with Crippen molar-refractivity contribution in [1.29, 1.82) is 0 Å². The fraction of sp³-hybridized carbons (Fsp3) is 0.200. The van der Waals surface area contributed by atoms with Gasteiger partial charge in [-0.1, -0.05) is 42.5 Å². The summed E-state index contributed by atoms with van der Waals surface area (Å²) in [6.45, 7) is 0. The molecule has 0 N–H and O–H groups in total. The van der Waals surface area contributed by atoms with Gasteiger partial charge in [0, 0.05) is 5.56 Å². The average molecular weight is 394 g/mol. The lowest BCUT2D eigenvalue weighted by Gasteiger charge is -2.26. The summed E-state index contributed by atoms with van der Waals surface area (Å²) in [6.07, 6.45) is 3.74. The molecule has 0 radical (unpaired) electrons. The first kappa shape index (κ1) is 14.9. The van der Waals surface area contributed by atoms with Gasteiger partial charge < -0.3 is 4.74 Å². The molecule has 1 aliphatic rings. The molecular formula is C20H16BrN3O. The van der Waals surface area contributed by atoms with E-state index in [1.807, 2.05) is 40.9 Å². The number of hydrogen-bond acceptors (Lipinski definition) is 3. The van der Waals surface area contributed by atoms with Crippen LogP contribution in [0.4, 0.5) is 0 Å². The molecule has 0 aliphatic heterocycles. The lowest BCUT2D eigenvalue weighted by molar-refractivity contribution is 0.117. The SMILES string of the molecule is Brc1c(-c2ccccc2)nn2c1nc(OC1CCC1)c1ccccc12. The van der Waals surface area contributed by atoms with E-state index in [0.717, 1.165) is 45.1 Å². The first-order valence-electron chi connectivity index (χ1n) is 8.50. The van der Waals surface area contributed by atoms with Gasteiger partial charge in [0.2, 0.25) is 5.88 Å². The van der Waals surface area contributed by atoms with Crippen molar-refractivity contribution in [1.82, 2.24) is 14.6 Å².